The molecule has 1 aliphatic rings. The molecule has 0 aliphatic carbocycles. The van der Waals surface area contributed by atoms with Crippen LogP contribution in [0.15, 0.2) is 36.5 Å². The van der Waals surface area contributed by atoms with E-state index in [4.69, 9.17) is 0 Å². The average molecular weight is 463 g/mol. The molecule has 1 fully saturated rings. The number of aryl methyl sites for hydroxylation is 1. The van der Waals surface area contributed by atoms with Gasteiger partial charge in [0.05, 0.1) is 0 Å². The number of aromatic nitrogens is 3. The van der Waals surface area contributed by atoms with Gasteiger partial charge in [0, 0.05) is 53.7 Å². The minimum absolute atomic E-state index is 0.303. The predicted molar refractivity (Wildman–Crippen MR) is 138 cm³/mol. The summed E-state index contributed by atoms with van der Waals surface area (Å²) in [7, 11) is 0. The number of carbonyl (C=O) groups excluding carboxylic acids is 1. The molecule has 180 valence electrons. The van der Waals surface area contributed by atoms with Crippen LogP contribution in [0.4, 0.5) is 27.9 Å². The van der Waals surface area contributed by atoms with Crippen LogP contribution < -0.4 is 26.2 Å². The Labute approximate surface area is 200 Å². The van der Waals surface area contributed by atoms with Crippen LogP contribution in [0.5, 0.6) is 0 Å². The molecule has 2 amide bonds. The van der Waals surface area contributed by atoms with Gasteiger partial charge < -0.3 is 20.9 Å². The molecule has 1 saturated heterocycles. The van der Waals surface area contributed by atoms with E-state index in [0.29, 0.717) is 29.5 Å². The predicted octanol–water partition coefficient (Wildman–Crippen LogP) is 4.18. The van der Waals surface area contributed by atoms with E-state index in [-0.39, 0.29) is 11.6 Å². The first-order valence-electron chi connectivity index (χ1n) is 11.7. The molecule has 2 aromatic heterocycles. The number of fused-ring (bicyclic) bond motifs is 1. The zero-order chi connectivity index (χ0) is 24.5. The number of benzene rings is 1. The normalized spacial score (nSPS) is 18.6. The number of carbonyl (C=O) groups is 1. The van der Waals surface area contributed by atoms with Gasteiger partial charge in [-0.05, 0) is 77.4 Å². The van der Waals surface area contributed by atoms with Crippen LogP contribution in [0.3, 0.4) is 0 Å². The summed E-state index contributed by atoms with van der Waals surface area (Å²) in [5.74, 6) is 0.925. The molecule has 1 aromatic carbocycles. The number of nitrogens with zero attached hydrogens (tertiary/aromatic N) is 4. The summed E-state index contributed by atoms with van der Waals surface area (Å²) < 4.78 is 0. The van der Waals surface area contributed by atoms with Gasteiger partial charge in [0.1, 0.15) is 5.82 Å². The van der Waals surface area contributed by atoms with Gasteiger partial charge >= 0.3 is 6.03 Å². The van der Waals surface area contributed by atoms with Crippen molar-refractivity contribution < 1.29 is 4.79 Å². The van der Waals surface area contributed by atoms with Crippen molar-refractivity contribution in [1.82, 2.24) is 25.6 Å². The quantitative estimate of drug-likeness (QED) is 0.461. The van der Waals surface area contributed by atoms with Crippen LogP contribution in [0.1, 0.15) is 40.2 Å². The first-order chi connectivity index (χ1) is 16.1. The summed E-state index contributed by atoms with van der Waals surface area (Å²) in [6.45, 7) is 14.1. The Balaban J connectivity index is 1.49. The van der Waals surface area contributed by atoms with Gasteiger partial charge in [-0.1, -0.05) is 0 Å². The van der Waals surface area contributed by atoms with Gasteiger partial charge in [0.25, 0.3) is 0 Å². The van der Waals surface area contributed by atoms with Gasteiger partial charge in [-0.25, -0.2) is 14.8 Å². The molecule has 0 spiro atoms. The smallest absolute Gasteiger partial charge is 0.320 e. The summed E-state index contributed by atoms with van der Waals surface area (Å²) >= 11 is 0. The fourth-order valence-corrected chi connectivity index (χ4v) is 4.16. The van der Waals surface area contributed by atoms with Crippen molar-refractivity contribution in [2.24, 2.45) is 0 Å². The Morgan fingerprint density at radius 1 is 1.09 bits per heavy atom. The zero-order valence-electron chi connectivity index (χ0n) is 20.7. The molecule has 34 heavy (non-hydrogen) atoms. The lowest BCUT2D eigenvalue weighted by Crippen LogP contribution is -2.54. The zero-order valence-corrected chi connectivity index (χ0v) is 20.7. The average Bonchev–Trinajstić information content (AvgIpc) is 2.73. The number of nitrogens with one attached hydrogen (secondary N) is 4. The van der Waals surface area contributed by atoms with Gasteiger partial charge in [-0.2, -0.15) is 4.98 Å². The highest BCUT2D eigenvalue weighted by Gasteiger charge is 2.21. The second-order valence-corrected chi connectivity index (χ2v) is 10.1. The number of hydrogen-bond acceptors (Lipinski definition) is 7. The highest BCUT2D eigenvalue weighted by Crippen LogP contribution is 2.23. The van der Waals surface area contributed by atoms with E-state index < -0.39 is 0 Å². The first-order valence-corrected chi connectivity index (χ1v) is 11.7. The van der Waals surface area contributed by atoms with Crippen LogP contribution in [-0.4, -0.2) is 51.7 Å². The highest BCUT2D eigenvalue weighted by atomic mass is 16.2. The molecule has 3 heterocycles. The number of piperazine rings is 1. The van der Waals surface area contributed by atoms with E-state index in [1.54, 1.807) is 6.20 Å². The van der Waals surface area contributed by atoms with Crippen molar-refractivity contribution >= 4 is 40.2 Å². The molecule has 0 bridgehead atoms. The molecule has 2 atom stereocenters. The molecule has 9 nitrogen and oxygen atoms in total. The van der Waals surface area contributed by atoms with Crippen molar-refractivity contribution in [3.63, 3.8) is 0 Å². The molecule has 3 aromatic rings. The van der Waals surface area contributed by atoms with E-state index in [1.165, 1.54) is 5.69 Å². The van der Waals surface area contributed by atoms with Crippen molar-refractivity contribution in [1.29, 1.82) is 0 Å². The number of urea groups is 1. The molecule has 2 unspecified atom stereocenters. The Morgan fingerprint density at radius 3 is 2.41 bits per heavy atom. The van der Waals surface area contributed by atoms with Crippen molar-refractivity contribution in [3.8, 4) is 0 Å². The Bertz CT molecular complexity index is 1160. The number of anilines is 4. The summed E-state index contributed by atoms with van der Waals surface area (Å²) in [6.07, 6.45) is 1.74. The van der Waals surface area contributed by atoms with Crippen molar-refractivity contribution in [2.45, 2.75) is 59.2 Å². The van der Waals surface area contributed by atoms with Gasteiger partial charge in [-0.3, -0.25) is 5.32 Å². The minimum Gasteiger partial charge on any atom is -0.368 e. The van der Waals surface area contributed by atoms with Crippen LogP contribution in [0.2, 0.25) is 0 Å². The summed E-state index contributed by atoms with van der Waals surface area (Å²) in [5, 5.41) is 13.3. The standard InChI is InChI=1S/C25H34N8O/c1-15-11-18-12-26-23(30-22(18)29-21(15)31-24(34)32-25(4,5)6)28-19-7-9-20(10-8-19)33-13-16(2)27-17(3)14-33/h7-12,16-17,27H,13-14H2,1-6H3,(H3,26,28,29,30,31,32,34). The monoisotopic (exact) mass is 462 g/mol. The number of amides is 2. The third kappa shape index (κ3) is 5.91. The Morgan fingerprint density at radius 2 is 1.76 bits per heavy atom. The van der Waals surface area contributed by atoms with Crippen molar-refractivity contribution in [3.05, 3.63) is 42.1 Å². The molecule has 1 aliphatic heterocycles. The van der Waals surface area contributed by atoms with E-state index in [1.807, 2.05) is 45.9 Å². The van der Waals surface area contributed by atoms with Crippen LogP contribution in [0.25, 0.3) is 11.0 Å². The molecule has 4 N–H and O–H groups in total. The first kappa shape index (κ1) is 23.7. The lowest BCUT2D eigenvalue weighted by Gasteiger charge is -2.37. The summed E-state index contributed by atoms with van der Waals surface area (Å²) in [6, 6.07) is 10.8. The minimum atomic E-state index is -0.342. The molecule has 9 heteroatoms. The largest absolute Gasteiger partial charge is 0.368 e. The van der Waals surface area contributed by atoms with E-state index in [2.05, 4.69) is 67.1 Å². The fourth-order valence-electron chi connectivity index (χ4n) is 4.16. The molecule has 0 radical (unpaired) electrons. The Hall–Kier alpha value is -3.46. The van der Waals surface area contributed by atoms with Gasteiger partial charge in [0.2, 0.25) is 5.95 Å². The van der Waals surface area contributed by atoms with Crippen molar-refractivity contribution in [2.75, 3.05) is 28.6 Å². The van der Waals surface area contributed by atoms with E-state index in [0.717, 1.165) is 29.7 Å². The van der Waals surface area contributed by atoms with E-state index in [9.17, 15) is 4.79 Å². The Kier molecular flexibility index (Phi) is 6.56. The second-order valence-electron chi connectivity index (χ2n) is 10.1. The summed E-state index contributed by atoms with van der Waals surface area (Å²) in [4.78, 5) is 28.2. The SMILES string of the molecule is Cc1cc2cnc(Nc3ccc(N4CC(C)NC(C)C4)cc3)nc2nc1NC(=O)NC(C)(C)C. The second kappa shape index (κ2) is 9.42. The van der Waals surface area contributed by atoms with Gasteiger partial charge in [0.15, 0.2) is 5.65 Å². The highest BCUT2D eigenvalue weighted by molar-refractivity contribution is 5.91. The fraction of sp³-hybridized carbons (Fsp3) is 0.440. The lowest BCUT2D eigenvalue weighted by atomic mass is 10.1. The number of pyridine rings is 1. The maximum Gasteiger partial charge on any atom is 0.320 e. The van der Waals surface area contributed by atoms with E-state index >= 15 is 0 Å². The maximum atomic E-state index is 12.3. The lowest BCUT2D eigenvalue weighted by molar-refractivity contribution is 0.243. The van der Waals surface area contributed by atoms with Crippen LogP contribution >= 0.6 is 0 Å². The third-order valence-electron chi connectivity index (χ3n) is 5.53. The van der Waals surface area contributed by atoms with Crippen LogP contribution in [-0.2, 0) is 0 Å². The number of hydrogen-bond donors (Lipinski definition) is 4. The molecular formula is C25H34N8O. The number of rotatable bonds is 4. The van der Waals surface area contributed by atoms with Crippen LogP contribution in [0, 0.1) is 6.92 Å². The van der Waals surface area contributed by atoms with Gasteiger partial charge in [-0.15, -0.1) is 0 Å². The molecular weight excluding hydrogens is 428 g/mol. The summed E-state index contributed by atoms with van der Waals surface area (Å²) in [5.41, 5.74) is 3.11. The third-order valence-corrected chi connectivity index (χ3v) is 5.53. The maximum absolute atomic E-state index is 12.3. The molecule has 4 rings (SSSR count). The topological polar surface area (TPSA) is 107 Å². The molecule has 0 saturated carbocycles.